The average molecular weight is 286 g/mol. The van der Waals surface area contributed by atoms with Crippen LogP contribution in [0.3, 0.4) is 0 Å². The van der Waals surface area contributed by atoms with Crippen LogP contribution in [0.4, 0.5) is 0 Å². The lowest BCUT2D eigenvalue weighted by Gasteiger charge is -2.29. The van der Waals surface area contributed by atoms with E-state index < -0.39 is 0 Å². The highest BCUT2D eigenvalue weighted by atomic mass is 16.3. The Balaban J connectivity index is 1.96. The molecule has 0 atom stereocenters. The summed E-state index contributed by atoms with van der Waals surface area (Å²) in [5.41, 5.74) is 4.54. The Hall–Kier alpha value is -0.980. The van der Waals surface area contributed by atoms with E-state index in [-0.39, 0.29) is 0 Å². The monoisotopic (exact) mass is 286 g/mol. The van der Waals surface area contributed by atoms with Crippen LogP contribution >= 0.6 is 0 Å². The fourth-order valence-electron chi connectivity index (χ4n) is 4.67. The predicted molar refractivity (Wildman–Crippen MR) is 89.1 cm³/mol. The Morgan fingerprint density at radius 1 is 0.810 bits per heavy atom. The molecule has 1 nitrogen and oxygen atoms in total. The summed E-state index contributed by atoms with van der Waals surface area (Å²) in [5.74, 6) is 1.90. The van der Waals surface area contributed by atoms with E-state index in [1.54, 1.807) is 5.56 Å². The Bertz CT molecular complexity index is 426. The van der Waals surface area contributed by atoms with Gasteiger partial charge in [0.15, 0.2) is 0 Å². The maximum atomic E-state index is 10.3. The van der Waals surface area contributed by atoms with Crippen molar-refractivity contribution < 1.29 is 5.11 Å². The van der Waals surface area contributed by atoms with Gasteiger partial charge in [0.1, 0.15) is 5.75 Å². The SMILES string of the molecule is CCc1c(C2CCCCC2)cc(O)cc1C1CCCCC1. The minimum absolute atomic E-state index is 0.508. The highest BCUT2D eigenvalue weighted by molar-refractivity contribution is 5.45. The number of aromatic hydroxyl groups is 1. The molecule has 0 heterocycles. The third-order valence-electron chi connectivity index (χ3n) is 5.75. The van der Waals surface area contributed by atoms with Gasteiger partial charge >= 0.3 is 0 Å². The normalized spacial score (nSPS) is 21.6. The van der Waals surface area contributed by atoms with E-state index in [2.05, 4.69) is 19.1 Å². The van der Waals surface area contributed by atoms with Crippen LogP contribution in [0.5, 0.6) is 5.75 Å². The van der Waals surface area contributed by atoms with Gasteiger partial charge in [-0.25, -0.2) is 0 Å². The Labute approximate surface area is 129 Å². The minimum Gasteiger partial charge on any atom is -0.508 e. The van der Waals surface area contributed by atoms with Crippen LogP contribution in [0.15, 0.2) is 12.1 Å². The zero-order chi connectivity index (χ0) is 14.7. The Morgan fingerprint density at radius 3 is 1.62 bits per heavy atom. The molecule has 2 saturated carbocycles. The van der Waals surface area contributed by atoms with E-state index in [9.17, 15) is 5.11 Å². The van der Waals surface area contributed by atoms with Crippen LogP contribution in [0.1, 0.15) is 99.7 Å². The number of phenolic OH excluding ortho intramolecular Hbond substituents is 1. The molecule has 1 aromatic carbocycles. The van der Waals surface area contributed by atoms with Gasteiger partial charge in [-0.05, 0) is 72.8 Å². The first kappa shape index (κ1) is 14.9. The topological polar surface area (TPSA) is 20.2 Å². The zero-order valence-electron chi connectivity index (χ0n) is 13.5. The highest BCUT2D eigenvalue weighted by Crippen LogP contribution is 2.42. The third kappa shape index (κ3) is 3.27. The summed E-state index contributed by atoms with van der Waals surface area (Å²) >= 11 is 0. The molecule has 1 N–H and O–H groups in total. The van der Waals surface area contributed by atoms with Crippen molar-refractivity contribution in [1.29, 1.82) is 0 Å². The second kappa shape index (κ2) is 6.85. The van der Waals surface area contributed by atoms with Crippen molar-refractivity contribution in [3.63, 3.8) is 0 Å². The molecule has 2 fully saturated rings. The van der Waals surface area contributed by atoms with Crippen molar-refractivity contribution in [2.45, 2.75) is 89.4 Å². The van der Waals surface area contributed by atoms with Gasteiger partial charge in [0.2, 0.25) is 0 Å². The number of hydrogen-bond acceptors (Lipinski definition) is 1. The van der Waals surface area contributed by atoms with Gasteiger partial charge in [-0.15, -0.1) is 0 Å². The summed E-state index contributed by atoms with van der Waals surface area (Å²) in [6, 6.07) is 4.17. The van der Waals surface area contributed by atoms with Crippen LogP contribution in [-0.2, 0) is 6.42 Å². The van der Waals surface area contributed by atoms with Crippen molar-refractivity contribution in [1.82, 2.24) is 0 Å². The molecule has 0 aliphatic heterocycles. The van der Waals surface area contributed by atoms with Crippen LogP contribution in [0.2, 0.25) is 0 Å². The first-order valence-corrected chi connectivity index (χ1v) is 9.15. The molecule has 0 amide bonds. The summed E-state index contributed by atoms with van der Waals surface area (Å²) < 4.78 is 0. The summed E-state index contributed by atoms with van der Waals surface area (Å²) in [5, 5.41) is 10.3. The molecule has 0 unspecified atom stereocenters. The number of hydrogen-bond donors (Lipinski definition) is 1. The molecule has 116 valence electrons. The molecule has 1 heteroatoms. The van der Waals surface area contributed by atoms with Gasteiger partial charge in [0.05, 0.1) is 0 Å². The minimum atomic E-state index is 0.508. The largest absolute Gasteiger partial charge is 0.508 e. The molecule has 0 saturated heterocycles. The number of rotatable bonds is 3. The first-order valence-electron chi connectivity index (χ1n) is 9.15. The van der Waals surface area contributed by atoms with Crippen molar-refractivity contribution in [2.75, 3.05) is 0 Å². The summed E-state index contributed by atoms with van der Waals surface area (Å²) in [6.45, 7) is 2.30. The van der Waals surface area contributed by atoms with Gasteiger partial charge in [0.25, 0.3) is 0 Å². The van der Waals surface area contributed by atoms with Gasteiger partial charge in [-0.2, -0.15) is 0 Å². The van der Waals surface area contributed by atoms with Crippen LogP contribution in [-0.4, -0.2) is 5.11 Å². The van der Waals surface area contributed by atoms with Crippen molar-refractivity contribution in [3.8, 4) is 5.75 Å². The average Bonchev–Trinajstić information content (AvgIpc) is 2.55. The molecule has 0 spiro atoms. The fraction of sp³-hybridized carbons (Fsp3) is 0.700. The van der Waals surface area contributed by atoms with E-state index >= 15 is 0 Å². The molecule has 1 aromatic rings. The lowest BCUT2D eigenvalue weighted by molar-refractivity contribution is 0.423. The third-order valence-corrected chi connectivity index (χ3v) is 5.75. The van der Waals surface area contributed by atoms with E-state index in [1.807, 2.05) is 0 Å². The maximum Gasteiger partial charge on any atom is 0.116 e. The second-order valence-electron chi connectivity index (χ2n) is 7.13. The van der Waals surface area contributed by atoms with E-state index in [0.717, 1.165) is 6.42 Å². The molecule has 21 heavy (non-hydrogen) atoms. The van der Waals surface area contributed by atoms with Gasteiger partial charge < -0.3 is 5.11 Å². The number of benzene rings is 1. The first-order chi connectivity index (χ1) is 10.3. The van der Waals surface area contributed by atoms with Crippen LogP contribution in [0.25, 0.3) is 0 Å². The second-order valence-corrected chi connectivity index (χ2v) is 7.13. The van der Waals surface area contributed by atoms with Crippen molar-refractivity contribution >= 4 is 0 Å². The molecule has 3 rings (SSSR count). The highest BCUT2D eigenvalue weighted by Gasteiger charge is 2.24. The van der Waals surface area contributed by atoms with E-state index in [0.29, 0.717) is 17.6 Å². The zero-order valence-corrected chi connectivity index (χ0v) is 13.5. The number of phenols is 1. The summed E-state index contributed by atoms with van der Waals surface area (Å²) in [6.07, 6.45) is 14.6. The van der Waals surface area contributed by atoms with Gasteiger partial charge in [-0.3, -0.25) is 0 Å². The molecular formula is C20H30O. The predicted octanol–water partition coefficient (Wildman–Crippen LogP) is 6.05. The Morgan fingerprint density at radius 2 is 1.24 bits per heavy atom. The molecule has 2 aliphatic carbocycles. The smallest absolute Gasteiger partial charge is 0.116 e. The lowest BCUT2D eigenvalue weighted by Crippen LogP contribution is -2.12. The molecule has 0 aromatic heterocycles. The Kier molecular flexibility index (Phi) is 4.87. The molecule has 0 bridgehead atoms. The fourth-order valence-corrected chi connectivity index (χ4v) is 4.67. The van der Waals surface area contributed by atoms with Crippen molar-refractivity contribution in [3.05, 3.63) is 28.8 Å². The van der Waals surface area contributed by atoms with Gasteiger partial charge in [0, 0.05) is 0 Å². The summed E-state index contributed by atoms with van der Waals surface area (Å²) in [7, 11) is 0. The molecule has 2 aliphatic rings. The van der Waals surface area contributed by atoms with Crippen LogP contribution < -0.4 is 0 Å². The standard InChI is InChI=1S/C20H30O/c1-2-18-19(15-9-5-3-6-10-15)13-17(21)14-20(18)16-11-7-4-8-12-16/h13-16,21H,2-12H2,1H3. The van der Waals surface area contributed by atoms with E-state index in [4.69, 9.17) is 0 Å². The van der Waals surface area contributed by atoms with Crippen LogP contribution in [0, 0.1) is 0 Å². The quantitative estimate of drug-likeness (QED) is 0.717. The molecular weight excluding hydrogens is 256 g/mol. The lowest BCUT2D eigenvalue weighted by atomic mass is 9.76. The maximum absolute atomic E-state index is 10.3. The van der Waals surface area contributed by atoms with Gasteiger partial charge in [-0.1, -0.05) is 45.4 Å². The molecule has 0 radical (unpaired) electrons. The van der Waals surface area contributed by atoms with Crippen molar-refractivity contribution in [2.24, 2.45) is 0 Å². The van der Waals surface area contributed by atoms with E-state index in [1.165, 1.54) is 75.3 Å². The summed E-state index contributed by atoms with van der Waals surface area (Å²) in [4.78, 5) is 0.